The Bertz CT molecular complexity index is 1520. The molecule has 1 heterocycles. The minimum absolute atomic E-state index is 0.151. The standard InChI is InChI=1S/C24H17FN2O2S.C2H6/c1-16-9-12-19(13-10-16)30(28,29)27-23-14-11-18(25)15-22(23)26-24(27)21-8-4-6-17-5-2-3-7-20(17)21;1-2/h2-15H,1H3;1-2H3. The van der Waals surface area contributed by atoms with Crippen LogP contribution in [0.25, 0.3) is 33.2 Å². The molecule has 0 saturated carbocycles. The first-order valence-corrected chi connectivity index (χ1v) is 11.9. The van der Waals surface area contributed by atoms with E-state index in [1.165, 1.54) is 22.2 Å². The van der Waals surface area contributed by atoms with Crippen molar-refractivity contribution in [2.45, 2.75) is 25.7 Å². The lowest BCUT2D eigenvalue weighted by atomic mass is 10.0. The van der Waals surface area contributed by atoms with E-state index in [-0.39, 0.29) is 16.2 Å². The second-order valence-electron chi connectivity index (χ2n) is 7.18. The fraction of sp³-hybridized carbons (Fsp3) is 0.115. The van der Waals surface area contributed by atoms with Gasteiger partial charge in [-0.1, -0.05) is 74.0 Å². The van der Waals surface area contributed by atoms with Crippen LogP contribution >= 0.6 is 0 Å². The van der Waals surface area contributed by atoms with Gasteiger partial charge in [0.2, 0.25) is 0 Å². The van der Waals surface area contributed by atoms with Crippen molar-refractivity contribution in [2.75, 3.05) is 0 Å². The van der Waals surface area contributed by atoms with E-state index in [9.17, 15) is 12.8 Å². The molecule has 0 radical (unpaired) electrons. The summed E-state index contributed by atoms with van der Waals surface area (Å²) >= 11 is 0. The first-order valence-electron chi connectivity index (χ1n) is 10.4. The summed E-state index contributed by atoms with van der Waals surface area (Å²) in [6.07, 6.45) is 0. The molecule has 0 aliphatic rings. The number of hydrogen-bond acceptors (Lipinski definition) is 3. The Balaban J connectivity index is 0.00000119. The summed E-state index contributed by atoms with van der Waals surface area (Å²) in [5.74, 6) is -0.211. The highest BCUT2D eigenvalue weighted by Crippen LogP contribution is 2.33. The smallest absolute Gasteiger partial charge is 0.227 e. The van der Waals surface area contributed by atoms with Crippen molar-refractivity contribution < 1.29 is 12.8 Å². The molecular formula is C26H23FN2O2S. The molecular weight excluding hydrogens is 423 g/mol. The van der Waals surface area contributed by atoms with Gasteiger partial charge < -0.3 is 0 Å². The van der Waals surface area contributed by atoms with Crippen molar-refractivity contribution in [3.63, 3.8) is 0 Å². The maximum Gasteiger partial charge on any atom is 0.269 e. The molecule has 6 heteroatoms. The molecule has 5 rings (SSSR count). The van der Waals surface area contributed by atoms with Gasteiger partial charge in [-0.3, -0.25) is 0 Å². The first kappa shape index (κ1) is 21.7. The summed E-state index contributed by atoms with van der Waals surface area (Å²) in [6.45, 7) is 5.90. The molecule has 0 aliphatic carbocycles. The Morgan fingerprint density at radius 1 is 0.844 bits per heavy atom. The fourth-order valence-corrected chi connectivity index (χ4v) is 5.15. The molecule has 4 aromatic carbocycles. The van der Waals surface area contributed by atoms with Crippen LogP contribution in [0.5, 0.6) is 0 Å². The van der Waals surface area contributed by atoms with E-state index in [2.05, 4.69) is 4.98 Å². The topological polar surface area (TPSA) is 52.0 Å². The molecule has 1 aromatic heterocycles. The average molecular weight is 447 g/mol. The van der Waals surface area contributed by atoms with E-state index in [0.29, 0.717) is 11.1 Å². The van der Waals surface area contributed by atoms with Gasteiger partial charge >= 0.3 is 0 Å². The average Bonchev–Trinajstić information content (AvgIpc) is 3.19. The maximum absolute atomic E-state index is 13.9. The van der Waals surface area contributed by atoms with Crippen LogP contribution in [-0.2, 0) is 10.0 Å². The van der Waals surface area contributed by atoms with Gasteiger partial charge in [-0.25, -0.2) is 21.8 Å². The molecule has 32 heavy (non-hydrogen) atoms. The predicted molar refractivity (Wildman–Crippen MR) is 128 cm³/mol. The molecule has 0 atom stereocenters. The maximum atomic E-state index is 13.9. The first-order chi connectivity index (χ1) is 15.4. The Labute approximate surface area is 187 Å². The third-order valence-corrected chi connectivity index (χ3v) is 6.88. The number of aromatic nitrogens is 2. The summed E-state index contributed by atoms with van der Waals surface area (Å²) in [6, 6.07) is 24.0. The summed E-state index contributed by atoms with van der Waals surface area (Å²) in [5, 5.41) is 1.84. The van der Waals surface area contributed by atoms with Gasteiger partial charge in [0.15, 0.2) is 5.82 Å². The van der Waals surface area contributed by atoms with E-state index in [0.717, 1.165) is 16.3 Å². The van der Waals surface area contributed by atoms with Crippen molar-refractivity contribution in [2.24, 2.45) is 0 Å². The van der Waals surface area contributed by atoms with Crippen molar-refractivity contribution in [3.8, 4) is 11.4 Å². The van der Waals surface area contributed by atoms with E-state index in [1.807, 2.05) is 63.2 Å². The van der Waals surface area contributed by atoms with Gasteiger partial charge in [0.05, 0.1) is 15.9 Å². The van der Waals surface area contributed by atoms with E-state index in [1.54, 1.807) is 24.3 Å². The molecule has 0 N–H and O–H groups in total. The van der Waals surface area contributed by atoms with Gasteiger partial charge in [-0.2, -0.15) is 0 Å². The molecule has 0 unspecified atom stereocenters. The van der Waals surface area contributed by atoms with Gasteiger partial charge in [0, 0.05) is 11.6 Å². The van der Waals surface area contributed by atoms with E-state index in [4.69, 9.17) is 0 Å². The zero-order valence-electron chi connectivity index (χ0n) is 18.1. The molecule has 0 amide bonds. The van der Waals surface area contributed by atoms with Gasteiger partial charge in [0.1, 0.15) is 5.82 Å². The van der Waals surface area contributed by atoms with Crippen LogP contribution in [0.1, 0.15) is 19.4 Å². The molecule has 4 nitrogen and oxygen atoms in total. The van der Waals surface area contributed by atoms with Crippen LogP contribution in [0.15, 0.2) is 89.8 Å². The molecule has 5 aromatic rings. The molecule has 162 valence electrons. The zero-order valence-corrected chi connectivity index (χ0v) is 18.9. The van der Waals surface area contributed by atoms with Gasteiger partial charge in [-0.05, 0) is 42.0 Å². The molecule has 0 bridgehead atoms. The Kier molecular flexibility index (Phi) is 5.80. The number of halogens is 1. The summed E-state index contributed by atoms with van der Waals surface area (Å²) < 4.78 is 42.4. The van der Waals surface area contributed by atoms with Crippen LogP contribution in [0, 0.1) is 12.7 Å². The van der Waals surface area contributed by atoms with Crippen LogP contribution in [0.4, 0.5) is 4.39 Å². The predicted octanol–water partition coefficient (Wildman–Crippen LogP) is 6.57. The van der Waals surface area contributed by atoms with Crippen molar-refractivity contribution in [3.05, 3.63) is 96.3 Å². The largest absolute Gasteiger partial charge is 0.269 e. The monoisotopic (exact) mass is 446 g/mol. The number of imidazole rings is 1. The zero-order chi connectivity index (χ0) is 22.9. The molecule has 0 saturated heterocycles. The minimum Gasteiger partial charge on any atom is -0.227 e. The fourth-order valence-electron chi connectivity index (χ4n) is 3.68. The quantitative estimate of drug-likeness (QED) is 0.315. The van der Waals surface area contributed by atoms with Crippen LogP contribution in [0.2, 0.25) is 0 Å². The Morgan fingerprint density at radius 2 is 1.53 bits per heavy atom. The Morgan fingerprint density at radius 3 is 2.28 bits per heavy atom. The number of hydrogen-bond donors (Lipinski definition) is 0. The molecule has 0 fully saturated rings. The normalized spacial score (nSPS) is 11.4. The lowest BCUT2D eigenvalue weighted by Crippen LogP contribution is -2.14. The summed E-state index contributed by atoms with van der Waals surface area (Å²) in [7, 11) is -3.97. The summed E-state index contributed by atoms with van der Waals surface area (Å²) in [4.78, 5) is 4.70. The van der Waals surface area contributed by atoms with Crippen LogP contribution in [0.3, 0.4) is 0 Å². The second-order valence-corrected chi connectivity index (χ2v) is 8.96. The highest BCUT2D eigenvalue weighted by Gasteiger charge is 2.26. The van der Waals surface area contributed by atoms with Crippen molar-refractivity contribution >= 4 is 31.8 Å². The lowest BCUT2D eigenvalue weighted by molar-refractivity contribution is 0.589. The molecule has 0 aliphatic heterocycles. The number of benzene rings is 4. The van der Waals surface area contributed by atoms with Crippen molar-refractivity contribution in [1.82, 2.24) is 8.96 Å². The third kappa shape index (κ3) is 3.67. The lowest BCUT2D eigenvalue weighted by Gasteiger charge is -2.12. The number of rotatable bonds is 3. The number of nitrogens with zero attached hydrogens (tertiary/aromatic N) is 2. The van der Waals surface area contributed by atoms with Crippen LogP contribution in [-0.4, -0.2) is 17.4 Å². The molecule has 0 spiro atoms. The number of aryl methyl sites for hydroxylation is 1. The highest BCUT2D eigenvalue weighted by atomic mass is 32.2. The van der Waals surface area contributed by atoms with Gasteiger partial charge in [0.25, 0.3) is 10.0 Å². The highest BCUT2D eigenvalue weighted by molar-refractivity contribution is 7.90. The number of fused-ring (bicyclic) bond motifs is 2. The SMILES string of the molecule is CC.Cc1ccc(S(=O)(=O)n2c(-c3cccc4ccccc34)nc3cc(F)ccc32)cc1. The minimum atomic E-state index is -3.97. The third-order valence-electron chi connectivity index (χ3n) is 5.16. The van der Waals surface area contributed by atoms with Crippen LogP contribution < -0.4 is 0 Å². The second kappa shape index (κ2) is 8.55. The van der Waals surface area contributed by atoms with Gasteiger partial charge in [-0.15, -0.1) is 0 Å². The van der Waals surface area contributed by atoms with Crippen molar-refractivity contribution in [1.29, 1.82) is 0 Å². The Hall–Kier alpha value is -3.51. The summed E-state index contributed by atoms with van der Waals surface area (Å²) in [5.41, 5.74) is 2.25. The van der Waals surface area contributed by atoms with E-state index < -0.39 is 15.8 Å². The van der Waals surface area contributed by atoms with E-state index >= 15 is 0 Å².